The third-order valence-corrected chi connectivity index (χ3v) is 6.32. The summed E-state index contributed by atoms with van der Waals surface area (Å²) >= 11 is 1.73. The van der Waals surface area contributed by atoms with Gasteiger partial charge in [0.15, 0.2) is 0 Å². The van der Waals surface area contributed by atoms with Gasteiger partial charge in [0.1, 0.15) is 5.60 Å². The van der Waals surface area contributed by atoms with Crippen LogP contribution in [0.4, 0.5) is 4.79 Å². The summed E-state index contributed by atoms with van der Waals surface area (Å²) in [5, 5.41) is 4.29. The minimum Gasteiger partial charge on any atom is -0.444 e. The molecule has 1 fully saturated rings. The molecule has 1 N–H and O–H groups in total. The van der Waals surface area contributed by atoms with E-state index in [-0.39, 0.29) is 18.1 Å². The van der Waals surface area contributed by atoms with Crippen LogP contribution in [-0.4, -0.2) is 22.7 Å². The Labute approximate surface area is 160 Å². The second-order valence-electron chi connectivity index (χ2n) is 8.38. The first-order valence-electron chi connectivity index (χ1n) is 9.68. The van der Waals surface area contributed by atoms with Crippen molar-refractivity contribution in [1.29, 1.82) is 0 Å². The third-order valence-electron chi connectivity index (χ3n) is 5.08. The number of carbonyl (C=O) groups is 1. The van der Waals surface area contributed by atoms with E-state index in [1.54, 1.807) is 11.3 Å². The molecule has 2 unspecified atom stereocenters. The lowest BCUT2D eigenvalue weighted by atomic mass is 9.79. The van der Waals surface area contributed by atoms with E-state index in [1.807, 2.05) is 32.9 Å². The Morgan fingerprint density at radius 3 is 2.58 bits per heavy atom. The Balaban J connectivity index is 1.82. The molecular formula is C21H30N2O2S. The molecule has 1 aliphatic carbocycles. The Morgan fingerprint density at radius 2 is 1.92 bits per heavy atom. The number of fused-ring (bicyclic) bond motifs is 1. The van der Waals surface area contributed by atoms with Gasteiger partial charge in [-0.3, -0.25) is 0 Å². The fraction of sp³-hybridized carbons (Fsp3) is 0.619. The Bertz CT molecular complexity index is 711. The van der Waals surface area contributed by atoms with Crippen LogP contribution in [0.15, 0.2) is 24.3 Å². The fourth-order valence-electron chi connectivity index (χ4n) is 3.83. The van der Waals surface area contributed by atoms with Gasteiger partial charge in [0.25, 0.3) is 0 Å². The van der Waals surface area contributed by atoms with Crippen LogP contribution in [0.3, 0.4) is 0 Å². The number of benzene rings is 1. The Morgan fingerprint density at radius 1 is 1.23 bits per heavy atom. The zero-order valence-corrected chi connectivity index (χ0v) is 17.1. The van der Waals surface area contributed by atoms with Gasteiger partial charge in [0.2, 0.25) is 0 Å². The molecule has 0 aliphatic heterocycles. The quantitative estimate of drug-likeness (QED) is 0.728. The standard InChI is InChI=1S/C21H30N2O2S/c1-14(19-22-16-12-8-9-13-17(16)26-19)18(15-10-6-5-7-11-15)23-20(24)25-21(2,3)4/h8-9,12-15,18H,5-7,10-11H2,1-4H3,(H,23,24). The Hall–Kier alpha value is -1.62. The molecule has 3 rings (SSSR count). The number of thiazole rings is 1. The summed E-state index contributed by atoms with van der Waals surface area (Å²) in [4.78, 5) is 17.3. The number of alkyl carbamates (subject to hydrolysis) is 1. The number of ether oxygens (including phenoxy) is 1. The lowest BCUT2D eigenvalue weighted by molar-refractivity contribution is 0.0466. The second kappa shape index (κ2) is 7.95. The molecular weight excluding hydrogens is 344 g/mol. The number of aromatic nitrogens is 1. The van der Waals surface area contributed by atoms with Crippen molar-refractivity contribution in [2.24, 2.45) is 5.92 Å². The summed E-state index contributed by atoms with van der Waals surface area (Å²) < 4.78 is 6.74. The van der Waals surface area contributed by atoms with Crippen LogP contribution in [0.2, 0.25) is 0 Å². The highest BCUT2D eigenvalue weighted by atomic mass is 32.1. The van der Waals surface area contributed by atoms with E-state index in [0.29, 0.717) is 5.92 Å². The summed E-state index contributed by atoms with van der Waals surface area (Å²) in [5.74, 6) is 0.654. The van der Waals surface area contributed by atoms with Gasteiger partial charge in [0.05, 0.1) is 15.2 Å². The zero-order valence-electron chi connectivity index (χ0n) is 16.2. The number of hydrogen-bond donors (Lipinski definition) is 1. The SMILES string of the molecule is CC(c1nc2ccccc2s1)C(NC(=O)OC(C)(C)C)C1CCCCC1. The summed E-state index contributed by atoms with van der Waals surface area (Å²) in [7, 11) is 0. The zero-order chi connectivity index (χ0) is 18.7. The van der Waals surface area contributed by atoms with Crippen molar-refractivity contribution < 1.29 is 9.53 Å². The molecule has 26 heavy (non-hydrogen) atoms. The van der Waals surface area contributed by atoms with Gasteiger partial charge < -0.3 is 10.1 Å². The molecule has 1 amide bonds. The van der Waals surface area contributed by atoms with Crippen molar-refractivity contribution in [2.45, 2.75) is 77.4 Å². The largest absolute Gasteiger partial charge is 0.444 e. The number of carbonyl (C=O) groups excluding carboxylic acids is 1. The maximum atomic E-state index is 12.5. The fourth-order valence-corrected chi connectivity index (χ4v) is 4.89. The van der Waals surface area contributed by atoms with Crippen molar-refractivity contribution in [2.75, 3.05) is 0 Å². The molecule has 0 spiro atoms. The molecule has 0 radical (unpaired) electrons. The minimum atomic E-state index is -0.486. The van der Waals surface area contributed by atoms with Gasteiger partial charge in [-0.2, -0.15) is 0 Å². The average molecular weight is 375 g/mol. The van der Waals surface area contributed by atoms with Gasteiger partial charge >= 0.3 is 6.09 Å². The maximum absolute atomic E-state index is 12.5. The van der Waals surface area contributed by atoms with E-state index < -0.39 is 5.60 Å². The molecule has 1 saturated carbocycles. The summed E-state index contributed by atoms with van der Waals surface area (Å²) in [6, 6.07) is 8.30. The van der Waals surface area contributed by atoms with Crippen LogP contribution >= 0.6 is 11.3 Å². The maximum Gasteiger partial charge on any atom is 0.407 e. The number of para-hydroxylation sites is 1. The molecule has 0 bridgehead atoms. The van der Waals surface area contributed by atoms with E-state index in [0.717, 1.165) is 23.4 Å². The lowest BCUT2D eigenvalue weighted by Crippen LogP contribution is -2.46. The van der Waals surface area contributed by atoms with Crippen molar-refractivity contribution >= 4 is 27.6 Å². The number of rotatable bonds is 4. The van der Waals surface area contributed by atoms with Gasteiger partial charge in [-0.25, -0.2) is 9.78 Å². The predicted octanol–water partition coefficient (Wildman–Crippen LogP) is 5.87. The highest BCUT2D eigenvalue weighted by molar-refractivity contribution is 7.18. The number of hydrogen-bond acceptors (Lipinski definition) is 4. The molecule has 1 aliphatic rings. The van der Waals surface area contributed by atoms with Crippen LogP contribution in [0.25, 0.3) is 10.2 Å². The van der Waals surface area contributed by atoms with Crippen molar-refractivity contribution in [1.82, 2.24) is 10.3 Å². The topological polar surface area (TPSA) is 51.2 Å². The molecule has 5 heteroatoms. The minimum absolute atomic E-state index is 0.0608. The van der Waals surface area contributed by atoms with Crippen molar-refractivity contribution in [3.8, 4) is 0 Å². The average Bonchev–Trinajstić information content (AvgIpc) is 3.02. The normalized spacial score (nSPS) is 18.5. The van der Waals surface area contributed by atoms with E-state index >= 15 is 0 Å². The first kappa shape index (κ1) is 19.2. The third kappa shape index (κ3) is 4.76. The molecule has 0 saturated heterocycles. The van der Waals surface area contributed by atoms with E-state index in [4.69, 9.17) is 9.72 Å². The Kier molecular flexibility index (Phi) is 5.86. The highest BCUT2D eigenvalue weighted by Crippen LogP contribution is 2.36. The monoisotopic (exact) mass is 374 g/mol. The van der Waals surface area contributed by atoms with E-state index in [1.165, 1.54) is 24.0 Å². The van der Waals surface area contributed by atoms with Gasteiger partial charge in [0, 0.05) is 12.0 Å². The van der Waals surface area contributed by atoms with Crippen molar-refractivity contribution in [3.05, 3.63) is 29.3 Å². The number of nitrogens with one attached hydrogen (secondary N) is 1. The van der Waals surface area contributed by atoms with Crippen LogP contribution in [0.1, 0.15) is 70.7 Å². The molecule has 1 aromatic carbocycles. The smallest absolute Gasteiger partial charge is 0.407 e. The first-order valence-corrected chi connectivity index (χ1v) is 10.5. The molecule has 142 valence electrons. The number of nitrogens with zero attached hydrogens (tertiary/aromatic N) is 1. The summed E-state index contributed by atoms with van der Waals surface area (Å²) in [5.41, 5.74) is 0.555. The summed E-state index contributed by atoms with van der Waals surface area (Å²) in [6.45, 7) is 7.89. The van der Waals surface area contributed by atoms with Gasteiger partial charge in [-0.15, -0.1) is 11.3 Å². The molecule has 2 aromatic rings. The number of amides is 1. The molecule has 2 atom stereocenters. The van der Waals surface area contributed by atoms with Gasteiger partial charge in [-0.1, -0.05) is 38.3 Å². The van der Waals surface area contributed by atoms with Crippen LogP contribution < -0.4 is 5.32 Å². The molecule has 1 aromatic heterocycles. The van der Waals surface area contributed by atoms with E-state index in [2.05, 4.69) is 24.4 Å². The first-order chi connectivity index (χ1) is 12.3. The van der Waals surface area contributed by atoms with Crippen LogP contribution in [0, 0.1) is 5.92 Å². The molecule has 4 nitrogen and oxygen atoms in total. The summed E-state index contributed by atoms with van der Waals surface area (Å²) in [6.07, 6.45) is 5.78. The van der Waals surface area contributed by atoms with Crippen molar-refractivity contribution in [3.63, 3.8) is 0 Å². The molecule has 1 heterocycles. The predicted molar refractivity (Wildman–Crippen MR) is 108 cm³/mol. The highest BCUT2D eigenvalue weighted by Gasteiger charge is 2.33. The van der Waals surface area contributed by atoms with Crippen LogP contribution in [-0.2, 0) is 4.74 Å². The van der Waals surface area contributed by atoms with Crippen LogP contribution in [0.5, 0.6) is 0 Å². The van der Waals surface area contributed by atoms with Gasteiger partial charge in [-0.05, 0) is 51.7 Å². The second-order valence-corrected chi connectivity index (χ2v) is 9.44. The lowest BCUT2D eigenvalue weighted by Gasteiger charge is -2.34. The van der Waals surface area contributed by atoms with E-state index in [9.17, 15) is 4.79 Å².